The second-order valence-corrected chi connectivity index (χ2v) is 5.96. The van der Waals surface area contributed by atoms with Crippen molar-refractivity contribution in [2.24, 2.45) is 0 Å². The second-order valence-electron chi connectivity index (χ2n) is 5.06. The van der Waals surface area contributed by atoms with Gasteiger partial charge in [-0.2, -0.15) is 0 Å². The normalized spacial score (nSPS) is 16.6. The molecule has 0 atom stereocenters. The van der Waals surface area contributed by atoms with E-state index >= 15 is 0 Å². The van der Waals surface area contributed by atoms with Gasteiger partial charge in [-0.1, -0.05) is 12.8 Å². The van der Waals surface area contributed by atoms with E-state index in [2.05, 4.69) is 20.6 Å². The van der Waals surface area contributed by atoms with E-state index < -0.39 is 17.4 Å². The smallest absolute Gasteiger partial charge is 0.320 e. The minimum absolute atomic E-state index is 0.120. The topological polar surface area (TPSA) is 66.9 Å². The number of hydrogen-bond acceptors (Lipinski definition) is 4. The Bertz CT molecular complexity index is 626. The third-order valence-corrected chi connectivity index (χ3v) is 4.65. The molecule has 0 aromatic carbocycles. The Morgan fingerprint density at radius 3 is 2.81 bits per heavy atom. The highest BCUT2D eigenvalue weighted by Gasteiger charge is 2.39. The largest absolute Gasteiger partial charge is 0.326 e. The van der Waals surface area contributed by atoms with Crippen LogP contribution in [0, 0.1) is 5.82 Å². The van der Waals surface area contributed by atoms with Crippen molar-refractivity contribution in [2.75, 3.05) is 5.32 Å². The summed E-state index contributed by atoms with van der Waals surface area (Å²) in [5.74, 6) is -0.553. The minimum Gasteiger partial charge on any atom is -0.326 e. The Kier molecular flexibility index (Phi) is 3.83. The zero-order valence-electron chi connectivity index (χ0n) is 11.3. The van der Waals surface area contributed by atoms with Crippen LogP contribution < -0.4 is 10.6 Å². The van der Waals surface area contributed by atoms with Gasteiger partial charge in [-0.25, -0.2) is 14.2 Å². The predicted octanol–water partition coefficient (Wildman–Crippen LogP) is 3.27. The van der Waals surface area contributed by atoms with Crippen LogP contribution in [0.5, 0.6) is 0 Å². The number of rotatable bonds is 3. The van der Waals surface area contributed by atoms with Crippen molar-refractivity contribution < 1.29 is 9.18 Å². The molecule has 2 N–H and O–H groups in total. The highest BCUT2D eigenvalue weighted by molar-refractivity contribution is 7.09. The number of carbonyl (C=O) groups is 1. The number of amides is 2. The number of aromatic nitrogens is 2. The monoisotopic (exact) mass is 306 g/mol. The molecule has 7 heteroatoms. The fraction of sp³-hybridized carbons (Fsp3) is 0.357. The molecule has 1 saturated carbocycles. The molecule has 0 unspecified atom stereocenters. The maximum Gasteiger partial charge on any atom is 0.320 e. The van der Waals surface area contributed by atoms with Gasteiger partial charge >= 0.3 is 6.03 Å². The van der Waals surface area contributed by atoms with Gasteiger partial charge in [0.1, 0.15) is 5.01 Å². The number of carbonyl (C=O) groups excluding carboxylic acids is 1. The lowest BCUT2D eigenvalue weighted by Gasteiger charge is -2.28. The third kappa shape index (κ3) is 2.87. The lowest BCUT2D eigenvalue weighted by molar-refractivity contribution is 0.236. The van der Waals surface area contributed by atoms with Gasteiger partial charge < -0.3 is 10.6 Å². The van der Waals surface area contributed by atoms with Crippen LogP contribution in [0.25, 0.3) is 0 Å². The first-order chi connectivity index (χ1) is 10.2. The second kappa shape index (κ2) is 5.77. The summed E-state index contributed by atoms with van der Waals surface area (Å²) in [4.78, 5) is 20.2. The Morgan fingerprint density at radius 2 is 2.14 bits per heavy atom. The fourth-order valence-electron chi connectivity index (χ4n) is 2.68. The number of urea groups is 1. The van der Waals surface area contributed by atoms with Gasteiger partial charge in [0, 0.05) is 17.8 Å². The van der Waals surface area contributed by atoms with E-state index in [9.17, 15) is 9.18 Å². The maximum absolute atomic E-state index is 13.5. The van der Waals surface area contributed by atoms with Gasteiger partial charge in [-0.05, 0) is 18.9 Å². The summed E-state index contributed by atoms with van der Waals surface area (Å²) < 4.78 is 13.5. The summed E-state index contributed by atoms with van der Waals surface area (Å²) in [6.07, 6.45) is 8.04. The van der Waals surface area contributed by atoms with Crippen molar-refractivity contribution in [3.05, 3.63) is 40.9 Å². The number of halogens is 1. The first kappa shape index (κ1) is 13.9. The van der Waals surface area contributed by atoms with E-state index in [0.717, 1.165) is 36.9 Å². The van der Waals surface area contributed by atoms with Crippen molar-refractivity contribution in [2.45, 2.75) is 31.2 Å². The van der Waals surface area contributed by atoms with E-state index in [4.69, 9.17) is 0 Å². The standard InChI is InChI=1S/C14H15FN4OS/c15-10-9-16-6-3-11(10)18-13(20)19-14(4-1-2-5-14)12-17-7-8-21-12/h3,6-9H,1-2,4-5H2,(H2,16,18,19,20). The Labute approximate surface area is 125 Å². The van der Waals surface area contributed by atoms with Crippen molar-refractivity contribution >= 4 is 23.1 Å². The number of hydrogen-bond donors (Lipinski definition) is 2. The predicted molar refractivity (Wildman–Crippen MR) is 78.6 cm³/mol. The van der Waals surface area contributed by atoms with Crippen LogP contribution in [0.3, 0.4) is 0 Å². The third-order valence-electron chi connectivity index (χ3n) is 3.67. The molecule has 3 rings (SSSR count). The van der Waals surface area contributed by atoms with Crippen LogP contribution in [0.2, 0.25) is 0 Å². The molecule has 1 fully saturated rings. The highest BCUT2D eigenvalue weighted by atomic mass is 32.1. The molecule has 0 spiro atoms. The molecular formula is C14H15FN4OS. The van der Waals surface area contributed by atoms with E-state index in [1.54, 1.807) is 6.20 Å². The zero-order chi connectivity index (χ0) is 14.7. The molecule has 21 heavy (non-hydrogen) atoms. The molecule has 2 heterocycles. The molecule has 0 aliphatic heterocycles. The van der Waals surface area contributed by atoms with Gasteiger partial charge in [0.2, 0.25) is 0 Å². The Hall–Kier alpha value is -2.02. The van der Waals surface area contributed by atoms with Gasteiger partial charge in [-0.3, -0.25) is 4.98 Å². The summed E-state index contributed by atoms with van der Waals surface area (Å²) in [5.41, 5.74) is -0.309. The molecule has 0 radical (unpaired) electrons. The van der Waals surface area contributed by atoms with E-state index in [1.165, 1.54) is 23.6 Å². The Morgan fingerprint density at radius 1 is 1.33 bits per heavy atom. The minimum atomic E-state index is -0.553. The lowest BCUT2D eigenvalue weighted by Crippen LogP contribution is -2.45. The molecule has 2 amide bonds. The van der Waals surface area contributed by atoms with Gasteiger partial charge in [0.25, 0.3) is 0 Å². The molecule has 0 bridgehead atoms. The number of pyridine rings is 1. The van der Waals surface area contributed by atoms with Crippen molar-refractivity contribution in [3.8, 4) is 0 Å². The summed E-state index contributed by atoms with van der Waals surface area (Å²) in [6, 6.07) is 1.01. The van der Waals surface area contributed by atoms with Crippen LogP contribution in [0.4, 0.5) is 14.9 Å². The van der Waals surface area contributed by atoms with Gasteiger partial charge in [0.05, 0.1) is 17.4 Å². The molecule has 2 aromatic rings. The summed E-state index contributed by atoms with van der Waals surface area (Å²) in [5, 5.41) is 8.32. The van der Waals surface area contributed by atoms with Crippen LogP contribution in [-0.4, -0.2) is 16.0 Å². The number of anilines is 1. The van der Waals surface area contributed by atoms with Crippen molar-refractivity contribution in [1.82, 2.24) is 15.3 Å². The van der Waals surface area contributed by atoms with Crippen LogP contribution in [0.1, 0.15) is 30.7 Å². The lowest BCUT2D eigenvalue weighted by atomic mass is 9.99. The van der Waals surface area contributed by atoms with Crippen LogP contribution >= 0.6 is 11.3 Å². The molecule has 110 valence electrons. The average Bonchev–Trinajstić information content (AvgIpc) is 3.12. The molecule has 0 saturated heterocycles. The van der Waals surface area contributed by atoms with Gasteiger partial charge in [-0.15, -0.1) is 11.3 Å². The average molecular weight is 306 g/mol. The SMILES string of the molecule is O=C(Nc1ccncc1F)NC1(c2nccs2)CCCC1. The van der Waals surface area contributed by atoms with E-state index in [-0.39, 0.29) is 5.69 Å². The fourth-order valence-corrected chi connectivity index (χ4v) is 3.53. The number of thiazole rings is 1. The summed E-state index contributed by atoms with van der Waals surface area (Å²) >= 11 is 1.53. The van der Waals surface area contributed by atoms with Crippen molar-refractivity contribution in [1.29, 1.82) is 0 Å². The van der Waals surface area contributed by atoms with E-state index in [0.29, 0.717) is 0 Å². The molecule has 5 nitrogen and oxygen atoms in total. The summed E-state index contributed by atoms with van der Waals surface area (Å²) in [7, 11) is 0. The van der Waals surface area contributed by atoms with Gasteiger partial charge in [0.15, 0.2) is 5.82 Å². The quantitative estimate of drug-likeness (QED) is 0.914. The molecule has 1 aliphatic carbocycles. The molecular weight excluding hydrogens is 291 g/mol. The maximum atomic E-state index is 13.5. The van der Waals surface area contributed by atoms with Crippen molar-refractivity contribution in [3.63, 3.8) is 0 Å². The first-order valence-electron chi connectivity index (χ1n) is 6.78. The number of nitrogens with zero attached hydrogens (tertiary/aromatic N) is 2. The number of nitrogens with one attached hydrogen (secondary N) is 2. The van der Waals surface area contributed by atoms with Crippen LogP contribution in [-0.2, 0) is 5.54 Å². The highest BCUT2D eigenvalue weighted by Crippen LogP contribution is 2.39. The first-order valence-corrected chi connectivity index (χ1v) is 7.66. The Balaban J connectivity index is 1.75. The van der Waals surface area contributed by atoms with Crippen LogP contribution in [0.15, 0.2) is 30.0 Å². The van der Waals surface area contributed by atoms with E-state index in [1.807, 2.05) is 5.38 Å². The summed E-state index contributed by atoms with van der Waals surface area (Å²) in [6.45, 7) is 0. The zero-order valence-corrected chi connectivity index (χ0v) is 12.1. The molecule has 1 aliphatic rings. The molecule has 2 aromatic heterocycles.